The standard InChI is InChI=1S/C14H17N3O3/c1-17-9-11(7-13(17)19)16-12(18)8-15-14(20)10-5-3-2-4-6-10/h2-6,11H,7-9H2,1H3,(H,15,20)(H,16,18). The molecule has 0 spiro atoms. The molecule has 2 N–H and O–H groups in total. The van der Waals surface area contributed by atoms with Crippen LogP contribution in [0.1, 0.15) is 16.8 Å². The normalized spacial score (nSPS) is 17.9. The Balaban J connectivity index is 1.76. The highest BCUT2D eigenvalue weighted by molar-refractivity contribution is 5.96. The van der Waals surface area contributed by atoms with Crippen LogP contribution in [0.2, 0.25) is 0 Å². The highest BCUT2D eigenvalue weighted by atomic mass is 16.2. The molecule has 1 unspecified atom stereocenters. The zero-order valence-corrected chi connectivity index (χ0v) is 11.3. The summed E-state index contributed by atoms with van der Waals surface area (Å²) < 4.78 is 0. The van der Waals surface area contributed by atoms with E-state index in [-0.39, 0.29) is 30.3 Å². The maximum absolute atomic E-state index is 11.7. The van der Waals surface area contributed by atoms with Gasteiger partial charge in [-0.05, 0) is 12.1 Å². The lowest BCUT2D eigenvalue weighted by molar-refractivity contribution is -0.126. The van der Waals surface area contributed by atoms with Crippen molar-refractivity contribution in [3.8, 4) is 0 Å². The van der Waals surface area contributed by atoms with Gasteiger partial charge in [-0.25, -0.2) is 0 Å². The van der Waals surface area contributed by atoms with Crippen LogP contribution in [0.4, 0.5) is 0 Å². The van der Waals surface area contributed by atoms with Crippen LogP contribution in [0.5, 0.6) is 0 Å². The van der Waals surface area contributed by atoms with E-state index in [2.05, 4.69) is 10.6 Å². The van der Waals surface area contributed by atoms with Crippen molar-refractivity contribution in [2.75, 3.05) is 20.1 Å². The molecule has 0 saturated carbocycles. The summed E-state index contributed by atoms with van der Waals surface area (Å²) in [6.45, 7) is 0.416. The summed E-state index contributed by atoms with van der Waals surface area (Å²) in [6, 6.07) is 8.52. The highest BCUT2D eigenvalue weighted by Crippen LogP contribution is 2.07. The minimum Gasteiger partial charge on any atom is -0.350 e. The number of benzene rings is 1. The number of carbonyl (C=O) groups is 3. The fourth-order valence-electron chi connectivity index (χ4n) is 2.09. The van der Waals surface area contributed by atoms with Crippen molar-refractivity contribution in [1.29, 1.82) is 0 Å². The van der Waals surface area contributed by atoms with Crippen LogP contribution in [0.15, 0.2) is 30.3 Å². The van der Waals surface area contributed by atoms with Gasteiger partial charge in [-0.2, -0.15) is 0 Å². The zero-order valence-electron chi connectivity index (χ0n) is 11.3. The van der Waals surface area contributed by atoms with Crippen LogP contribution in [0.25, 0.3) is 0 Å². The molecule has 0 radical (unpaired) electrons. The Morgan fingerprint density at radius 3 is 2.60 bits per heavy atom. The zero-order chi connectivity index (χ0) is 14.5. The van der Waals surface area contributed by atoms with Crippen LogP contribution in [0.3, 0.4) is 0 Å². The van der Waals surface area contributed by atoms with Gasteiger partial charge in [0.05, 0.1) is 12.6 Å². The van der Waals surface area contributed by atoms with E-state index < -0.39 is 0 Å². The Labute approximate surface area is 117 Å². The van der Waals surface area contributed by atoms with Gasteiger partial charge in [0.15, 0.2) is 0 Å². The van der Waals surface area contributed by atoms with Crippen LogP contribution < -0.4 is 10.6 Å². The average Bonchev–Trinajstić information content (AvgIpc) is 2.75. The highest BCUT2D eigenvalue weighted by Gasteiger charge is 2.27. The van der Waals surface area contributed by atoms with E-state index in [9.17, 15) is 14.4 Å². The fourth-order valence-corrected chi connectivity index (χ4v) is 2.09. The molecule has 1 aliphatic heterocycles. The van der Waals surface area contributed by atoms with E-state index in [4.69, 9.17) is 0 Å². The molecule has 0 aromatic heterocycles. The largest absolute Gasteiger partial charge is 0.350 e. The SMILES string of the molecule is CN1CC(NC(=O)CNC(=O)c2ccccc2)CC1=O. The van der Waals surface area contributed by atoms with Crippen molar-refractivity contribution in [2.45, 2.75) is 12.5 Å². The number of nitrogens with one attached hydrogen (secondary N) is 2. The van der Waals surface area contributed by atoms with E-state index >= 15 is 0 Å². The van der Waals surface area contributed by atoms with Gasteiger partial charge in [0.1, 0.15) is 0 Å². The topological polar surface area (TPSA) is 78.5 Å². The summed E-state index contributed by atoms with van der Waals surface area (Å²) in [7, 11) is 1.70. The summed E-state index contributed by atoms with van der Waals surface area (Å²) in [4.78, 5) is 36.3. The van der Waals surface area contributed by atoms with Gasteiger partial charge in [-0.15, -0.1) is 0 Å². The lowest BCUT2D eigenvalue weighted by Gasteiger charge is -2.12. The molecule has 20 heavy (non-hydrogen) atoms. The molecule has 2 rings (SSSR count). The number of rotatable bonds is 4. The monoisotopic (exact) mass is 275 g/mol. The van der Waals surface area contributed by atoms with Crippen molar-refractivity contribution < 1.29 is 14.4 Å². The molecular weight excluding hydrogens is 258 g/mol. The van der Waals surface area contributed by atoms with E-state index in [1.807, 2.05) is 6.07 Å². The minimum atomic E-state index is -0.291. The Bertz CT molecular complexity index is 516. The Morgan fingerprint density at radius 1 is 1.30 bits per heavy atom. The molecular formula is C14H17N3O3. The van der Waals surface area contributed by atoms with Crippen molar-refractivity contribution in [1.82, 2.24) is 15.5 Å². The van der Waals surface area contributed by atoms with E-state index in [1.54, 1.807) is 36.2 Å². The first-order valence-electron chi connectivity index (χ1n) is 6.43. The molecule has 1 aromatic rings. The number of nitrogens with zero attached hydrogens (tertiary/aromatic N) is 1. The second kappa shape index (κ2) is 6.18. The first-order valence-corrected chi connectivity index (χ1v) is 6.43. The Hall–Kier alpha value is -2.37. The minimum absolute atomic E-state index is 0.0172. The summed E-state index contributed by atoms with van der Waals surface area (Å²) >= 11 is 0. The summed E-state index contributed by atoms with van der Waals surface area (Å²) in [5, 5.41) is 5.28. The third-order valence-electron chi connectivity index (χ3n) is 3.15. The van der Waals surface area contributed by atoms with Crippen LogP contribution >= 0.6 is 0 Å². The van der Waals surface area contributed by atoms with Crippen LogP contribution in [-0.4, -0.2) is 48.8 Å². The molecule has 6 heteroatoms. The lowest BCUT2D eigenvalue weighted by atomic mass is 10.2. The molecule has 6 nitrogen and oxygen atoms in total. The number of hydrogen-bond donors (Lipinski definition) is 2. The number of carbonyl (C=O) groups excluding carboxylic acids is 3. The predicted octanol–water partition coefficient (Wildman–Crippen LogP) is -0.237. The first kappa shape index (κ1) is 14.0. The summed E-state index contributed by atoms with van der Waals surface area (Å²) in [5.74, 6) is -0.564. The van der Waals surface area contributed by atoms with Crippen LogP contribution in [0, 0.1) is 0 Å². The van der Waals surface area contributed by atoms with Crippen molar-refractivity contribution in [3.05, 3.63) is 35.9 Å². The average molecular weight is 275 g/mol. The second-order valence-corrected chi connectivity index (χ2v) is 4.79. The first-order chi connectivity index (χ1) is 9.56. The van der Waals surface area contributed by atoms with Crippen molar-refractivity contribution in [3.63, 3.8) is 0 Å². The summed E-state index contributed by atoms with van der Waals surface area (Å²) in [6.07, 6.45) is 0.314. The molecule has 106 valence electrons. The molecule has 1 heterocycles. The Kier molecular flexibility index (Phi) is 4.34. The van der Waals surface area contributed by atoms with Crippen molar-refractivity contribution in [2.24, 2.45) is 0 Å². The molecule has 0 bridgehead atoms. The number of likely N-dealkylation sites (tertiary alicyclic amines) is 1. The maximum atomic E-state index is 11.7. The van der Waals surface area contributed by atoms with Gasteiger partial charge in [-0.3, -0.25) is 14.4 Å². The lowest BCUT2D eigenvalue weighted by Crippen LogP contribution is -2.42. The second-order valence-electron chi connectivity index (χ2n) is 4.79. The smallest absolute Gasteiger partial charge is 0.251 e. The molecule has 1 fully saturated rings. The summed E-state index contributed by atoms with van der Waals surface area (Å²) in [5.41, 5.74) is 0.510. The predicted molar refractivity (Wildman–Crippen MR) is 73.0 cm³/mol. The van der Waals surface area contributed by atoms with E-state index in [0.717, 1.165) is 0 Å². The third-order valence-corrected chi connectivity index (χ3v) is 3.15. The number of hydrogen-bond acceptors (Lipinski definition) is 3. The van der Waals surface area contributed by atoms with Crippen LogP contribution in [-0.2, 0) is 9.59 Å². The van der Waals surface area contributed by atoms with Gasteiger partial charge in [0.2, 0.25) is 11.8 Å². The van der Waals surface area contributed by atoms with Gasteiger partial charge in [0.25, 0.3) is 5.91 Å². The van der Waals surface area contributed by atoms with E-state index in [0.29, 0.717) is 18.5 Å². The molecule has 3 amide bonds. The van der Waals surface area contributed by atoms with Gasteiger partial charge in [0, 0.05) is 25.6 Å². The molecule has 0 aliphatic carbocycles. The number of likely N-dealkylation sites (N-methyl/N-ethyl adjacent to an activating group) is 1. The molecule has 1 aromatic carbocycles. The van der Waals surface area contributed by atoms with E-state index in [1.165, 1.54) is 0 Å². The fraction of sp³-hybridized carbons (Fsp3) is 0.357. The molecule has 1 aliphatic rings. The van der Waals surface area contributed by atoms with Gasteiger partial charge in [-0.1, -0.05) is 18.2 Å². The van der Waals surface area contributed by atoms with Gasteiger partial charge < -0.3 is 15.5 Å². The third kappa shape index (κ3) is 3.57. The Morgan fingerprint density at radius 2 is 2.00 bits per heavy atom. The molecule has 1 atom stereocenters. The quantitative estimate of drug-likeness (QED) is 0.796. The van der Waals surface area contributed by atoms with Crippen molar-refractivity contribution >= 4 is 17.7 Å². The number of amides is 3. The molecule has 1 saturated heterocycles. The van der Waals surface area contributed by atoms with Gasteiger partial charge >= 0.3 is 0 Å². The maximum Gasteiger partial charge on any atom is 0.251 e.